The van der Waals surface area contributed by atoms with Gasteiger partial charge in [-0.1, -0.05) is 35.5 Å². The van der Waals surface area contributed by atoms with E-state index in [1.165, 1.54) is 0 Å². The number of rotatable bonds is 11. The Morgan fingerprint density at radius 1 is 1.10 bits per heavy atom. The number of benzene rings is 2. The van der Waals surface area contributed by atoms with Gasteiger partial charge in [0.15, 0.2) is 0 Å². The zero-order valence-corrected chi connectivity index (χ0v) is 19.4. The van der Waals surface area contributed by atoms with Gasteiger partial charge in [0.2, 0.25) is 0 Å². The van der Waals surface area contributed by atoms with Crippen LogP contribution in [-0.4, -0.2) is 43.6 Å². The van der Waals surface area contributed by atoms with Crippen LogP contribution in [0.25, 0.3) is 0 Å². The van der Waals surface area contributed by atoms with Crippen molar-refractivity contribution < 1.29 is 14.7 Å². The zero-order valence-electron chi connectivity index (χ0n) is 16.3. The summed E-state index contributed by atoms with van der Waals surface area (Å²) in [4.78, 5) is 12.3. The number of hydrogen-bond donors (Lipinski definition) is 3. The Morgan fingerprint density at radius 3 is 2.41 bits per heavy atom. The molecule has 0 aliphatic rings. The first-order chi connectivity index (χ1) is 14.0. The molecule has 6 nitrogen and oxygen atoms in total. The van der Waals surface area contributed by atoms with Crippen molar-refractivity contribution in [2.45, 2.75) is 19.3 Å². The summed E-state index contributed by atoms with van der Waals surface area (Å²) in [5.74, 6) is 0.394. The first kappa shape index (κ1) is 23.4. The minimum Gasteiger partial charge on any atom is -0.491 e. The van der Waals surface area contributed by atoms with Crippen molar-refractivity contribution in [2.24, 2.45) is 5.16 Å². The molecule has 0 saturated carbocycles. The summed E-state index contributed by atoms with van der Waals surface area (Å²) in [7, 11) is 1.91. The fraction of sp³-hybridized carbons (Fsp3) is 0.333. The Bertz CT molecular complexity index is 806. The first-order valence-corrected chi connectivity index (χ1v) is 10.9. The number of nitrogens with zero attached hydrogens (tertiary/aromatic N) is 1. The van der Waals surface area contributed by atoms with Gasteiger partial charge in [-0.15, -0.1) is 0 Å². The van der Waals surface area contributed by atoms with Crippen LogP contribution in [0.1, 0.15) is 17.5 Å². The number of nitrogens with one attached hydrogen (secondary N) is 2. The predicted molar refractivity (Wildman–Crippen MR) is 122 cm³/mol. The van der Waals surface area contributed by atoms with Gasteiger partial charge >= 0.3 is 0 Å². The summed E-state index contributed by atoms with van der Waals surface area (Å²) in [6.07, 6.45) is 1.83. The van der Waals surface area contributed by atoms with Gasteiger partial charge in [0, 0.05) is 13.0 Å². The van der Waals surface area contributed by atoms with Gasteiger partial charge in [-0.05, 0) is 81.6 Å². The molecule has 0 unspecified atom stereocenters. The van der Waals surface area contributed by atoms with Gasteiger partial charge in [0.1, 0.15) is 11.5 Å². The highest BCUT2D eigenvalue weighted by Gasteiger charge is 2.13. The van der Waals surface area contributed by atoms with E-state index in [0.29, 0.717) is 19.6 Å². The number of carbonyl (C=O) groups is 1. The lowest BCUT2D eigenvalue weighted by atomic mass is 10.1. The minimum atomic E-state index is -0.376. The quantitative estimate of drug-likeness (QED) is 0.179. The lowest BCUT2D eigenvalue weighted by molar-refractivity contribution is -0.115. The third kappa shape index (κ3) is 7.79. The van der Waals surface area contributed by atoms with Crippen molar-refractivity contribution in [3.63, 3.8) is 0 Å². The summed E-state index contributed by atoms with van der Waals surface area (Å²) < 4.78 is 7.54. The summed E-state index contributed by atoms with van der Waals surface area (Å²) in [5, 5.41) is 18.2. The van der Waals surface area contributed by atoms with E-state index in [9.17, 15) is 10.0 Å². The van der Waals surface area contributed by atoms with Gasteiger partial charge in [0.05, 0.1) is 15.6 Å². The summed E-state index contributed by atoms with van der Waals surface area (Å²) in [6.45, 7) is 1.95. The molecule has 0 spiro atoms. The second kappa shape index (κ2) is 12.6. The molecule has 2 rings (SSSR count). The second-order valence-electron chi connectivity index (χ2n) is 6.41. The summed E-state index contributed by atoms with van der Waals surface area (Å²) in [6, 6.07) is 13.4. The van der Waals surface area contributed by atoms with Crippen LogP contribution in [0.4, 0.5) is 0 Å². The van der Waals surface area contributed by atoms with Gasteiger partial charge in [-0.2, -0.15) is 0 Å². The van der Waals surface area contributed by atoms with Crippen molar-refractivity contribution in [1.82, 2.24) is 10.6 Å². The molecular formula is C21H25Br2N3O3. The van der Waals surface area contributed by atoms with E-state index < -0.39 is 0 Å². The van der Waals surface area contributed by atoms with E-state index in [2.05, 4.69) is 47.6 Å². The Balaban J connectivity index is 1.86. The van der Waals surface area contributed by atoms with Gasteiger partial charge < -0.3 is 20.6 Å². The maximum absolute atomic E-state index is 12.3. The standard InChI is InChI=1S/C21H25Br2N3O3/c1-24-9-5-11-29-20-17(22)12-16(13-18(20)23)8-10-25-21(27)19(26-28)14-15-6-3-2-4-7-15/h2-4,6-7,12-13,24,28H,5,8-11,14H2,1H3,(H,25,27)/b26-19-. The van der Waals surface area contributed by atoms with Crippen molar-refractivity contribution >= 4 is 43.5 Å². The molecular weight excluding hydrogens is 502 g/mol. The molecule has 0 heterocycles. The largest absolute Gasteiger partial charge is 0.491 e. The normalized spacial score (nSPS) is 11.3. The molecule has 0 bridgehead atoms. The topological polar surface area (TPSA) is 83.0 Å². The number of ether oxygens (including phenoxy) is 1. The molecule has 0 aliphatic carbocycles. The second-order valence-corrected chi connectivity index (χ2v) is 8.12. The van der Waals surface area contributed by atoms with E-state index in [-0.39, 0.29) is 18.0 Å². The molecule has 0 radical (unpaired) electrons. The number of amides is 1. The Hall–Kier alpha value is -1.90. The molecule has 2 aromatic rings. The minimum absolute atomic E-state index is 0.0869. The van der Waals surface area contributed by atoms with Crippen LogP contribution in [0.15, 0.2) is 56.6 Å². The van der Waals surface area contributed by atoms with E-state index in [0.717, 1.165) is 38.8 Å². The highest BCUT2D eigenvalue weighted by atomic mass is 79.9. The molecule has 0 atom stereocenters. The maximum atomic E-state index is 12.3. The predicted octanol–water partition coefficient (Wildman–Crippen LogP) is 3.93. The monoisotopic (exact) mass is 525 g/mol. The average Bonchev–Trinajstić information content (AvgIpc) is 2.71. The highest BCUT2D eigenvalue weighted by Crippen LogP contribution is 2.35. The SMILES string of the molecule is CNCCCOc1c(Br)cc(CCNC(=O)/C(Cc2ccccc2)=N\O)cc1Br. The Kier molecular flexibility index (Phi) is 10.2. The fourth-order valence-corrected chi connectivity index (χ4v) is 4.20. The lowest BCUT2D eigenvalue weighted by Gasteiger charge is -2.13. The van der Waals surface area contributed by atoms with Crippen LogP contribution < -0.4 is 15.4 Å². The molecule has 0 fully saturated rings. The number of carbonyl (C=O) groups excluding carboxylic acids is 1. The third-order valence-corrected chi connectivity index (χ3v) is 5.35. The Morgan fingerprint density at radius 2 is 1.79 bits per heavy atom. The van der Waals surface area contributed by atoms with E-state index in [4.69, 9.17) is 4.74 Å². The molecule has 3 N–H and O–H groups in total. The van der Waals surface area contributed by atoms with Gasteiger partial charge in [-0.3, -0.25) is 4.79 Å². The van der Waals surface area contributed by atoms with Crippen molar-refractivity contribution in [3.05, 3.63) is 62.5 Å². The molecule has 0 aromatic heterocycles. The van der Waals surface area contributed by atoms with Crippen LogP contribution in [0.2, 0.25) is 0 Å². The molecule has 2 aromatic carbocycles. The first-order valence-electron chi connectivity index (χ1n) is 9.33. The number of halogens is 2. The van der Waals surface area contributed by atoms with E-state index in [1.807, 2.05) is 49.5 Å². The van der Waals surface area contributed by atoms with Crippen LogP contribution in [0.3, 0.4) is 0 Å². The molecule has 0 aliphatic heterocycles. The third-order valence-electron chi connectivity index (χ3n) is 4.17. The summed E-state index contributed by atoms with van der Waals surface area (Å²) in [5.41, 5.74) is 2.04. The Labute approximate surface area is 188 Å². The molecule has 1 amide bonds. The van der Waals surface area contributed by atoms with Crippen molar-refractivity contribution in [1.29, 1.82) is 0 Å². The molecule has 29 heavy (non-hydrogen) atoms. The van der Waals surface area contributed by atoms with Crippen LogP contribution in [-0.2, 0) is 17.6 Å². The van der Waals surface area contributed by atoms with E-state index >= 15 is 0 Å². The maximum Gasteiger partial charge on any atom is 0.269 e. The number of oxime groups is 1. The van der Waals surface area contributed by atoms with Crippen LogP contribution in [0.5, 0.6) is 5.75 Å². The van der Waals surface area contributed by atoms with Crippen LogP contribution in [0, 0.1) is 0 Å². The van der Waals surface area contributed by atoms with E-state index in [1.54, 1.807) is 0 Å². The smallest absolute Gasteiger partial charge is 0.269 e. The molecule has 0 saturated heterocycles. The fourth-order valence-electron chi connectivity index (χ4n) is 2.69. The van der Waals surface area contributed by atoms with Crippen LogP contribution >= 0.6 is 31.9 Å². The average molecular weight is 527 g/mol. The zero-order chi connectivity index (χ0) is 21.1. The van der Waals surface area contributed by atoms with Crippen molar-refractivity contribution in [2.75, 3.05) is 26.7 Å². The van der Waals surface area contributed by atoms with Gasteiger partial charge in [0.25, 0.3) is 5.91 Å². The van der Waals surface area contributed by atoms with Crippen molar-refractivity contribution in [3.8, 4) is 5.75 Å². The lowest BCUT2D eigenvalue weighted by Crippen LogP contribution is -2.33. The highest BCUT2D eigenvalue weighted by molar-refractivity contribution is 9.11. The molecule has 156 valence electrons. The molecule has 8 heteroatoms. The summed E-state index contributed by atoms with van der Waals surface area (Å²) >= 11 is 7.10. The number of hydrogen-bond acceptors (Lipinski definition) is 5. The van der Waals surface area contributed by atoms with Gasteiger partial charge in [-0.25, -0.2) is 0 Å².